The first kappa shape index (κ1) is 15.6. The number of aliphatic carboxylic acids is 1. The predicted octanol–water partition coefficient (Wildman–Crippen LogP) is 2.42. The summed E-state index contributed by atoms with van der Waals surface area (Å²) in [5.74, 6) is -1.61. The number of halogens is 3. The van der Waals surface area contributed by atoms with Gasteiger partial charge in [0.1, 0.15) is 5.75 Å². The van der Waals surface area contributed by atoms with Crippen LogP contribution in [0.5, 0.6) is 5.75 Å². The van der Waals surface area contributed by atoms with Crippen LogP contribution in [0.1, 0.15) is 29.9 Å². The molecule has 21 heavy (non-hydrogen) atoms. The molecule has 1 aliphatic rings. The lowest BCUT2D eigenvalue weighted by Crippen LogP contribution is -2.28. The van der Waals surface area contributed by atoms with Gasteiger partial charge in [0.25, 0.3) is 0 Å². The summed E-state index contributed by atoms with van der Waals surface area (Å²) < 4.78 is 62.5. The minimum Gasteiger partial charge on any atom is -0.481 e. The second kappa shape index (κ2) is 5.21. The van der Waals surface area contributed by atoms with Crippen LogP contribution in [0.15, 0.2) is 18.2 Å². The van der Waals surface area contributed by atoms with Crippen molar-refractivity contribution in [2.45, 2.75) is 30.7 Å². The minimum absolute atomic E-state index is 0.0753. The van der Waals surface area contributed by atoms with Crippen molar-refractivity contribution in [1.29, 1.82) is 0 Å². The Labute approximate surface area is 118 Å². The van der Waals surface area contributed by atoms with E-state index in [1.165, 1.54) is 12.1 Å². The van der Waals surface area contributed by atoms with E-state index < -0.39 is 27.3 Å². The highest BCUT2D eigenvalue weighted by molar-refractivity contribution is 7.88. The van der Waals surface area contributed by atoms with Gasteiger partial charge in [-0.2, -0.15) is 21.6 Å². The molecule has 0 radical (unpaired) electrons. The van der Waals surface area contributed by atoms with Crippen molar-refractivity contribution in [2.24, 2.45) is 0 Å². The van der Waals surface area contributed by atoms with Crippen LogP contribution in [0.25, 0.3) is 0 Å². The molecule has 9 heteroatoms. The van der Waals surface area contributed by atoms with Crippen LogP contribution in [0.2, 0.25) is 0 Å². The van der Waals surface area contributed by atoms with Crippen LogP contribution in [0.4, 0.5) is 13.2 Å². The number of carbonyl (C=O) groups is 1. The normalized spacial score (nSPS) is 18.3. The van der Waals surface area contributed by atoms with Gasteiger partial charge in [0.05, 0.1) is 6.42 Å². The molecule has 1 aliphatic carbocycles. The zero-order chi connectivity index (χ0) is 15.8. The Balaban J connectivity index is 2.22. The lowest BCUT2D eigenvalue weighted by molar-refractivity contribution is -0.137. The number of rotatable bonds is 4. The molecule has 0 heterocycles. The molecule has 0 amide bonds. The molecule has 0 bridgehead atoms. The van der Waals surface area contributed by atoms with Gasteiger partial charge in [-0.25, -0.2) is 0 Å². The van der Waals surface area contributed by atoms with E-state index in [2.05, 4.69) is 4.18 Å². The third-order valence-corrected chi connectivity index (χ3v) is 4.21. The molecule has 0 fully saturated rings. The molecule has 0 aliphatic heterocycles. The van der Waals surface area contributed by atoms with Crippen LogP contribution < -0.4 is 4.18 Å². The highest BCUT2D eigenvalue weighted by atomic mass is 32.2. The van der Waals surface area contributed by atoms with Gasteiger partial charge in [-0.1, -0.05) is 6.07 Å². The quantitative estimate of drug-likeness (QED) is 0.679. The molecule has 0 spiro atoms. The first-order chi connectivity index (χ1) is 9.60. The summed E-state index contributed by atoms with van der Waals surface area (Å²) in [6, 6.07) is 3.72. The maximum absolute atomic E-state index is 12.2. The predicted molar refractivity (Wildman–Crippen MR) is 65.4 cm³/mol. The summed E-state index contributed by atoms with van der Waals surface area (Å²) >= 11 is 0. The van der Waals surface area contributed by atoms with E-state index in [0.29, 0.717) is 24.0 Å². The fourth-order valence-corrected chi connectivity index (χ4v) is 2.78. The SMILES string of the molecule is O=C(O)C[C@H]1CCc2cc(OS(=O)(=O)C(F)(F)F)ccc21. The molecule has 0 unspecified atom stereocenters. The lowest BCUT2D eigenvalue weighted by Gasteiger charge is -2.12. The number of carboxylic acids is 1. The molecule has 1 aromatic rings. The number of alkyl halides is 3. The van der Waals surface area contributed by atoms with Crippen molar-refractivity contribution in [3.63, 3.8) is 0 Å². The van der Waals surface area contributed by atoms with Crippen LogP contribution >= 0.6 is 0 Å². The Bertz CT molecular complexity index is 666. The third-order valence-electron chi connectivity index (χ3n) is 3.23. The summed E-state index contributed by atoms with van der Waals surface area (Å²) in [4.78, 5) is 10.7. The average Bonchev–Trinajstić information content (AvgIpc) is 2.69. The van der Waals surface area contributed by atoms with Crippen molar-refractivity contribution in [2.75, 3.05) is 0 Å². The molecule has 0 aromatic heterocycles. The summed E-state index contributed by atoms with van der Waals surface area (Å²) in [5, 5.41) is 8.77. The molecule has 5 nitrogen and oxygen atoms in total. The number of benzene rings is 1. The maximum Gasteiger partial charge on any atom is 0.534 e. The standard InChI is InChI=1S/C12H11F3O5S/c13-12(14,15)21(18,19)20-9-3-4-10-7(5-9)1-2-8(10)6-11(16)17/h3-5,8H,1-2,6H2,(H,16,17)/t8-/m1/s1. The minimum atomic E-state index is -5.69. The van der Waals surface area contributed by atoms with Crippen LogP contribution in [-0.4, -0.2) is 25.0 Å². The molecule has 1 atom stereocenters. The summed E-state index contributed by atoms with van der Waals surface area (Å²) in [6.07, 6.45) is 0.946. The first-order valence-corrected chi connectivity index (χ1v) is 7.36. The highest BCUT2D eigenvalue weighted by Crippen LogP contribution is 2.38. The van der Waals surface area contributed by atoms with Gasteiger partial charge in [-0.3, -0.25) is 4.79 Å². The van der Waals surface area contributed by atoms with Gasteiger partial charge in [0, 0.05) is 0 Å². The van der Waals surface area contributed by atoms with Gasteiger partial charge in [0.2, 0.25) is 0 Å². The van der Waals surface area contributed by atoms with E-state index in [-0.39, 0.29) is 12.3 Å². The summed E-state index contributed by atoms with van der Waals surface area (Å²) in [5.41, 5.74) is -4.18. The van der Waals surface area contributed by atoms with E-state index >= 15 is 0 Å². The first-order valence-electron chi connectivity index (χ1n) is 5.95. The molecule has 0 saturated carbocycles. The second-order valence-corrected chi connectivity index (χ2v) is 6.22. The number of aryl methyl sites for hydroxylation is 1. The lowest BCUT2D eigenvalue weighted by atomic mass is 9.98. The number of carboxylic acid groups (broad SMARTS) is 1. The number of fused-ring (bicyclic) bond motifs is 1. The van der Waals surface area contributed by atoms with E-state index in [1.54, 1.807) is 0 Å². The van der Waals surface area contributed by atoms with Crippen LogP contribution in [-0.2, 0) is 21.3 Å². The molecular formula is C12H11F3O5S. The molecular weight excluding hydrogens is 313 g/mol. The Kier molecular flexibility index (Phi) is 3.87. The monoisotopic (exact) mass is 324 g/mol. The number of hydrogen-bond acceptors (Lipinski definition) is 4. The maximum atomic E-state index is 12.2. The molecule has 116 valence electrons. The summed E-state index contributed by atoms with van der Waals surface area (Å²) in [7, 11) is -5.69. The van der Waals surface area contributed by atoms with E-state index in [9.17, 15) is 26.4 Å². The zero-order valence-corrected chi connectivity index (χ0v) is 11.4. The average molecular weight is 324 g/mol. The zero-order valence-electron chi connectivity index (χ0n) is 10.6. The van der Waals surface area contributed by atoms with Gasteiger partial charge >= 0.3 is 21.6 Å². The second-order valence-electron chi connectivity index (χ2n) is 4.68. The largest absolute Gasteiger partial charge is 0.534 e. The van der Waals surface area contributed by atoms with Crippen molar-refractivity contribution in [3.8, 4) is 5.75 Å². The molecule has 0 saturated heterocycles. The Morgan fingerprint density at radius 2 is 2.05 bits per heavy atom. The smallest absolute Gasteiger partial charge is 0.481 e. The molecule has 2 rings (SSSR count). The van der Waals surface area contributed by atoms with Gasteiger partial charge in [0.15, 0.2) is 0 Å². The summed E-state index contributed by atoms with van der Waals surface area (Å²) in [6.45, 7) is 0. The fraction of sp³-hybridized carbons (Fsp3) is 0.417. The highest BCUT2D eigenvalue weighted by Gasteiger charge is 2.48. The van der Waals surface area contributed by atoms with Crippen molar-refractivity contribution in [1.82, 2.24) is 0 Å². The third kappa shape index (κ3) is 3.29. The molecule has 1 aromatic carbocycles. The van der Waals surface area contributed by atoms with E-state index in [1.807, 2.05) is 0 Å². The molecule has 1 N–H and O–H groups in total. The van der Waals surface area contributed by atoms with Crippen LogP contribution in [0, 0.1) is 0 Å². The topological polar surface area (TPSA) is 80.7 Å². The fourth-order valence-electron chi connectivity index (χ4n) is 2.33. The van der Waals surface area contributed by atoms with E-state index in [0.717, 1.165) is 6.07 Å². The Hall–Kier alpha value is -1.77. The Morgan fingerprint density at radius 3 is 2.62 bits per heavy atom. The number of hydrogen-bond donors (Lipinski definition) is 1. The Morgan fingerprint density at radius 1 is 1.38 bits per heavy atom. The van der Waals surface area contributed by atoms with Crippen molar-refractivity contribution < 1.29 is 35.7 Å². The van der Waals surface area contributed by atoms with Crippen molar-refractivity contribution in [3.05, 3.63) is 29.3 Å². The van der Waals surface area contributed by atoms with Crippen molar-refractivity contribution >= 4 is 16.1 Å². The van der Waals surface area contributed by atoms with Gasteiger partial charge in [-0.15, -0.1) is 0 Å². The van der Waals surface area contributed by atoms with Crippen LogP contribution in [0.3, 0.4) is 0 Å². The van der Waals surface area contributed by atoms with Gasteiger partial charge in [-0.05, 0) is 42.0 Å². The van der Waals surface area contributed by atoms with E-state index in [4.69, 9.17) is 5.11 Å². The van der Waals surface area contributed by atoms with Gasteiger partial charge < -0.3 is 9.29 Å².